The third-order valence-electron chi connectivity index (χ3n) is 3.79. The van der Waals surface area contributed by atoms with Crippen LogP contribution in [0.25, 0.3) is 5.65 Å². The summed E-state index contributed by atoms with van der Waals surface area (Å²) < 4.78 is 67.4. The van der Waals surface area contributed by atoms with Crippen LogP contribution in [0.5, 0.6) is 0 Å². The first-order valence-corrected chi connectivity index (χ1v) is 9.61. The lowest BCUT2D eigenvalue weighted by atomic mass is 10.2. The van der Waals surface area contributed by atoms with Gasteiger partial charge in [0.1, 0.15) is 11.4 Å². The average molecular weight is 419 g/mol. The van der Waals surface area contributed by atoms with E-state index in [0.29, 0.717) is 0 Å². The fraction of sp³-hybridized carbons (Fsp3) is 0.250. The molecule has 0 unspecified atom stereocenters. The lowest BCUT2D eigenvalue weighted by Crippen LogP contribution is -2.26. The van der Waals surface area contributed by atoms with Crippen LogP contribution in [0, 0.1) is 6.92 Å². The number of nitrogens with one attached hydrogen (secondary N) is 1. The Kier molecular flexibility index (Phi) is 5.15. The van der Waals surface area contributed by atoms with E-state index in [0.717, 1.165) is 16.0 Å². The number of aryl methyl sites for hydroxylation is 1. The molecule has 0 saturated carbocycles. The molecule has 0 spiro atoms. The minimum atomic E-state index is -4.64. The summed E-state index contributed by atoms with van der Waals surface area (Å²) in [6.45, 7) is 1.70. The van der Waals surface area contributed by atoms with Gasteiger partial charge in [-0.15, -0.1) is 10.2 Å². The molecule has 0 atom stereocenters. The van der Waals surface area contributed by atoms with Gasteiger partial charge in [-0.3, -0.25) is 4.40 Å². The summed E-state index contributed by atoms with van der Waals surface area (Å²) in [5.41, 5.74) is -0.604. The van der Waals surface area contributed by atoms with Crippen LogP contribution in [0.2, 0.25) is 5.02 Å². The van der Waals surface area contributed by atoms with Gasteiger partial charge in [-0.25, -0.2) is 13.1 Å². The maximum Gasteiger partial charge on any atom is 0.420 e. The highest BCUT2D eigenvalue weighted by Crippen LogP contribution is 2.33. The third-order valence-corrected chi connectivity index (χ3v) is 5.45. The van der Waals surface area contributed by atoms with Crippen molar-refractivity contribution < 1.29 is 21.6 Å². The van der Waals surface area contributed by atoms with E-state index in [1.54, 1.807) is 19.1 Å². The fourth-order valence-corrected chi connectivity index (χ4v) is 3.89. The highest BCUT2D eigenvalue weighted by atomic mass is 35.5. The summed E-state index contributed by atoms with van der Waals surface area (Å²) in [5.74, 6) is 0.157. The molecule has 3 rings (SSSR count). The minimum absolute atomic E-state index is 0.0316. The predicted octanol–water partition coefficient (Wildman–Crippen LogP) is 3.23. The number of pyridine rings is 1. The molecule has 27 heavy (non-hydrogen) atoms. The number of benzene rings is 1. The minimum Gasteiger partial charge on any atom is -0.284 e. The number of halogens is 4. The van der Waals surface area contributed by atoms with Crippen molar-refractivity contribution in [3.63, 3.8) is 0 Å². The van der Waals surface area contributed by atoms with Crippen LogP contribution < -0.4 is 4.72 Å². The zero-order valence-electron chi connectivity index (χ0n) is 14.0. The summed E-state index contributed by atoms with van der Waals surface area (Å²) in [5, 5.41) is 7.18. The van der Waals surface area contributed by atoms with Crippen molar-refractivity contribution in [2.75, 3.05) is 6.54 Å². The van der Waals surface area contributed by atoms with Crippen molar-refractivity contribution in [3.8, 4) is 0 Å². The van der Waals surface area contributed by atoms with Crippen LogP contribution in [0.1, 0.15) is 17.0 Å². The number of alkyl halides is 3. The van der Waals surface area contributed by atoms with E-state index < -0.39 is 21.8 Å². The maximum atomic E-state index is 13.1. The number of aromatic nitrogens is 3. The second-order valence-electron chi connectivity index (χ2n) is 5.84. The molecule has 0 fully saturated rings. The molecular weight excluding hydrogens is 405 g/mol. The summed E-state index contributed by atoms with van der Waals surface area (Å²) in [7, 11) is -3.74. The van der Waals surface area contributed by atoms with E-state index in [1.807, 2.05) is 0 Å². The van der Waals surface area contributed by atoms with Gasteiger partial charge in [0.2, 0.25) is 10.0 Å². The first-order chi connectivity index (χ1) is 12.6. The first-order valence-electron chi connectivity index (χ1n) is 7.74. The molecule has 0 amide bonds. The lowest BCUT2D eigenvalue weighted by Gasteiger charge is -2.09. The van der Waals surface area contributed by atoms with Crippen LogP contribution in [0.15, 0.2) is 41.4 Å². The van der Waals surface area contributed by atoms with Crippen LogP contribution in [-0.4, -0.2) is 29.6 Å². The molecule has 1 aromatic carbocycles. The van der Waals surface area contributed by atoms with E-state index in [1.165, 1.54) is 18.3 Å². The second kappa shape index (κ2) is 7.10. The van der Waals surface area contributed by atoms with Crippen LogP contribution in [-0.2, 0) is 22.6 Å². The van der Waals surface area contributed by atoms with E-state index in [-0.39, 0.29) is 34.4 Å². The smallest absolute Gasteiger partial charge is 0.284 e. The van der Waals surface area contributed by atoms with E-state index in [9.17, 15) is 21.6 Å². The number of rotatable bonds is 5. The Morgan fingerprint density at radius 2 is 1.96 bits per heavy atom. The molecular formula is C16H14ClF3N4O2S. The molecule has 11 heteroatoms. The van der Waals surface area contributed by atoms with E-state index >= 15 is 0 Å². The molecule has 0 aliphatic heterocycles. The molecule has 3 aromatic rings. The van der Waals surface area contributed by atoms with Crippen LogP contribution >= 0.6 is 11.6 Å². The standard InChI is InChI=1S/C16H14ClF3N4O2S/c1-10-3-2-4-12(7-10)27(25,26)21-6-5-14-22-23-15-13(16(18,19)20)8-11(17)9-24(14)15/h2-4,7-9,21H,5-6H2,1H3. The Bertz CT molecular complexity index is 1100. The molecule has 2 aromatic heterocycles. The molecule has 144 valence electrons. The predicted molar refractivity (Wildman–Crippen MR) is 93.1 cm³/mol. The summed E-state index contributed by atoms with van der Waals surface area (Å²) >= 11 is 5.77. The summed E-state index contributed by atoms with van der Waals surface area (Å²) in [6.07, 6.45) is -3.34. The number of sulfonamides is 1. The molecule has 0 saturated heterocycles. The quantitative estimate of drug-likeness (QED) is 0.690. The fourth-order valence-electron chi connectivity index (χ4n) is 2.55. The van der Waals surface area contributed by atoms with Crippen molar-refractivity contribution in [1.82, 2.24) is 19.3 Å². The number of fused-ring (bicyclic) bond motifs is 1. The van der Waals surface area contributed by atoms with Crippen molar-refractivity contribution >= 4 is 27.3 Å². The van der Waals surface area contributed by atoms with Gasteiger partial charge in [-0.05, 0) is 30.7 Å². The summed E-state index contributed by atoms with van der Waals surface area (Å²) in [6, 6.07) is 7.14. The van der Waals surface area contributed by atoms with Gasteiger partial charge in [-0.1, -0.05) is 23.7 Å². The zero-order valence-corrected chi connectivity index (χ0v) is 15.5. The van der Waals surface area contributed by atoms with Gasteiger partial charge in [-0.2, -0.15) is 13.2 Å². The lowest BCUT2D eigenvalue weighted by molar-refractivity contribution is -0.136. The topological polar surface area (TPSA) is 76.4 Å². The molecule has 1 N–H and O–H groups in total. The Morgan fingerprint density at radius 1 is 1.22 bits per heavy atom. The van der Waals surface area contributed by atoms with Crippen molar-refractivity contribution in [3.05, 3.63) is 58.5 Å². The largest absolute Gasteiger partial charge is 0.420 e. The SMILES string of the molecule is Cc1cccc(S(=O)(=O)NCCc2nnc3c(C(F)(F)F)cc(Cl)cn23)c1. The Hall–Kier alpha value is -2.17. The first kappa shape index (κ1) is 19.6. The van der Waals surface area contributed by atoms with Crippen molar-refractivity contribution in [2.24, 2.45) is 0 Å². The monoisotopic (exact) mass is 418 g/mol. The number of hydrogen-bond acceptors (Lipinski definition) is 4. The van der Waals surface area contributed by atoms with Crippen molar-refractivity contribution in [1.29, 1.82) is 0 Å². The highest BCUT2D eigenvalue weighted by Gasteiger charge is 2.35. The van der Waals surface area contributed by atoms with E-state index in [4.69, 9.17) is 11.6 Å². The van der Waals surface area contributed by atoms with E-state index in [2.05, 4.69) is 14.9 Å². The van der Waals surface area contributed by atoms with Gasteiger partial charge in [0.15, 0.2) is 5.65 Å². The second-order valence-corrected chi connectivity index (χ2v) is 8.05. The third kappa shape index (κ3) is 4.23. The molecule has 0 aliphatic rings. The van der Waals surface area contributed by atoms with Crippen molar-refractivity contribution in [2.45, 2.75) is 24.4 Å². The van der Waals surface area contributed by atoms with Crippen LogP contribution in [0.3, 0.4) is 0 Å². The maximum absolute atomic E-state index is 13.1. The highest BCUT2D eigenvalue weighted by molar-refractivity contribution is 7.89. The molecule has 2 heterocycles. The zero-order chi connectivity index (χ0) is 19.8. The van der Waals surface area contributed by atoms with Crippen LogP contribution in [0.4, 0.5) is 13.2 Å². The molecule has 0 radical (unpaired) electrons. The average Bonchev–Trinajstić information content (AvgIpc) is 2.96. The Labute approximate surface area is 158 Å². The Morgan fingerprint density at radius 3 is 2.63 bits per heavy atom. The van der Waals surface area contributed by atoms with Gasteiger partial charge in [0.05, 0.1) is 9.92 Å². The van der Waals surface area contributed by atoms with Gasteiger partial charge >= 0.3 is 6.18 Å². The summed E-state index contributed by atoms with van der Waals surface area (Å²) in [4.78, 5) is 0.107. The van der Waals surface area contributed by atoms with Gasteiger partial charge < -0.3 is 0 Å². The molecule has 6 nitrogen and oxygen atoms in total. The molecule has 0 aliphatic carbocycles. The molecule has 0 bridgehead atoms. The normalized spacial score (nSPS) is 12.6. The number of nitrogens with zero attached hydrogens (tertiary/aromatic N) is 3. The van der Waals surface area contributed by atoms with Gasteiger partial charge in [0.25, 0.3) is 0 Å². The Balaban J connectivity index is 1.81. The van der Waals surface area contributed by atoms with Gasteiger partial charge in [0, 0.05) is 19.2 Å². The number of hydrogen-bond donors (Lipinski definition) is 1.